The Balaban J connectivity index is 2.10. The van der Waals surface area contributed by atoms with Crippen molar-refractivity contribution < 1.29 is 4.79 Å². The molecule has 0 fully saturated rings. The largest absolute Gasteiger partial charge is 0.334 e. The van der Waals surface area contributed by atoms with Crippen LogP contribution in [0, 0.1) is 0 Å². The predicted molar refractivity (Wildman–Crippen MR) is 82.6 cm³/mol. The molecule has 5 heteroatoms. The highest BCUT2D eigenvalue weighted by Gasteiger charge is 2.14. The fourth-order valence-corrected chi connectivity index (χ4v) is 1.90. The van der Waals surface area contributed by atoms with E-state index in [-0.39, 0.29) is 11.6 Å². The molecule has 2 amide bonds. The van der Waals surface area contributed by atoms with Crippen molar-refractivity contribution in [2.24, 2.45) is 0 Å². The van der Waals surface area contributed by atoms with E-state index in [1.54, 1.807) is 18.6 Å². The van der Waals surface area contributed by atoms with Crippen LogP contribution in [0.3, 0.4) is 0 Å². The summed E-state index contributed by atoms with van der Waals surface area (Å²) >= 11 is 0. The normalized spacial score (nSPS) is 11.0. The number of nitrogens with zero attached hydrogens (tertiary/aromatic N) is 2. The van der Waals surface area contributed by atoms with Crippen LogP contribution in [-0.2, 0) is 6.54 Å². The maximum absolute atomic E-state index is 11.8. The van der Waals surface area contributed by atoms with Gasteiger partial charge in [-0.1, -0.05) is 6.07 Å². The first kappa shape index (κ1) is 15.0. The number of hydrogen-bond acceptors (Lipinski definition) is 3. The van der Waals surface area contributed by atoms with Gasteiger partial charge in [-0.25, -0.2) is 4.79 Å². The van der Waals surface area contributed by atoms with E-state index < -0.39 is 0 Å². The fourth-order valence-electron chi connectivity index (χ4n) is 1.90. The van der Waals surface area contributed by atoms with E-state index in [4.69, 9.17) is 0 Å². The Morgan fingerprint density at radius 3 is 2.62 bits per heavy atom. The van der Waals surface area contributed by atoms with E-state index in [0.717, 1.165) is 16.8 Å². The molecule has 0 radical (unpaired) electrons. The summed E-state index contributed by atoms with van der Waals surface area (Å²) in [6.45, 7) is 6.24. The summed E-state index contributed by atoms with van der Waals surface area (Å²) in [5.41, 5.74) is 2.47. The van der Waals surface area contributed by atoms with E-state index in [0.29, 0.717) is 6.54 Å². The van der Waals surface area contributed by atoms with Crippen molar-refractivity contribution in [1.82, 2.24) is 20.6 Å². The Bertz CT molecular complexity index is 605. The molecule has 2 rings (SSSR count). The smallest absolute Gasteiger partial charge is 0.315 e. The van der Waals surface area contributed by atoms with Gasteiger partial charge < -0.3 is 10.6 Å². The Kier molecular flexibility index (Phi) is 4.52. The molecule has 0 atom stereocenters. The number of rotatable bonds is 3. The van der Waals surface area contributed by atoms with E-state index in [2.05, 4.69) is 20.6 Å². The third-order valence-corrected chi connectivity index (χ3v) is 2.75. The summed E-state index contributed by atoms with van der Waals surface area (Å²) in [6.07, 6.45) is 5.23. The first-order chi connectivity index (χ1) is 9.96. The molecule has 0 aliphatic heterocycles. The predicted octanol–water partition coefficient (Wildman–Crippen LogP) is 2.74. The quantitative estimate of drug-likeness (QED) is 0.910. The van der Waals surface area contributed by atoms with Crippen molar-refractivity contribution in [1.29, 1.82) is 0 Å². The maximum atomic E-state index is 11.8. The number of nitrogens with one attached hydrogen (secondary N) is 2. The molecule has 0 spiro atoms. The molecule has 0 unspecified atom stereocenters. The van der Waals surface area contributed by atoms with E-state index >= 15 is 0 Å². The second-order valence-electron chi connectivity index (χ2n) is 5.81. The van der Waals surface area contributed by atoms with Crippen LogP contribution in [0.15, 0.2) is 42.9 Å². The molecule has 0 aliphatic carbocycles. The Morgan fingerprint density at radius 2 is 1.95 bits per heavy atom. The highest BCUT2D eigenvalue weighted by Crippen LogP contribution is 2.19. The number of carbonyl (C=O) groups is 1. The van der Waals surface area contributed by atoms with Gasteiger partial charge in [-0.3, -0.25) is 9.97 Å². The van der Waals surface area contributed by atoms with Crippen molar-refractivity contribution in [2.45, 2.75) is 32.9 Å². The van der Waals surface area contributed by atoms with Gasteiger partial charge in [0, 0.05) is 36.2 Å². The lowest BCUT2D eigenvalue weighted by Crippen LogP contribution is -2.46. The van der Waals surface area contributed by atoms with E-state index in [1.165, 1.54) is 0 Å². The monoisotopic (exact) mass is 284 g/mol. The molecule has 0 aliphatic rings. The fraction of sp³-hybridized carbons (Fsp3) is 0.312. The standard InChI is InChI=1S/C16H20N4O/c1-16(2,3)20-15(21)19-11-13-7-5-9-18-14(13)12-6-4-8-17-10-12/h4-10H,11H2,1-3H3,(H2,19,20,21). The highest BCUT2D eigenvalue weighted by atomic mass is 16.2. The van der Waals surface area contributed by atoms with Gasteiger partial charge in [-0.15, -0.1) is 0 Å². The van der Waals surface area contributed by atoms with Crippen LogP contribution in [0.25, 0.3) is 11.3 Å². The van der Waals surface area contributed by atoms with E-state index in [9.17, 15) is 4.79 Å². The third-order valence-electron chi connectivity index (χ3n) is 2.75. The van der Waals surface area contributed by atoms with Crippen molar-refractivity contribution in [3.63, 3.8) is 0 Å². The molecule has 0 saturated carbocycles. The summed E-state index contributed by atoms with van der Waals surface area (Å²) in [7, 11) is 0. The van der Waals surface area contributed by atoms with Crippen LogP contribution in [-0.4, -0.2) is 21.5 Å². The summed E-state index contributed by atoms with van der Waals surface area (Å²) in [6, 6.07) is 7.44. The van der Waals surface area contributed by atoms with Crippen molar-refractivity contribution in [2.75, 3.05) is 0 Å². The minimum absolute atomic E-state index is 0.191. The van der Waals surface area contributed by atoms with E-state index in [1.807, 2.05) is 45.0 Å². The van der Waals surface area contributed by atoms with Crippen LogP contribution in [0.1, 0.15) is 26.3 Å². The second-order valence-corrected chi connectivity index (χ2v) is 5.81. The zero-order valence-corrected chi connectivity index (χ0v) is 12.6. The molecule has 2 aromatic heterocycles. The lowest BCUT2D eigenvalue weighted by molar-refractivity contribution is 0.231. The minimum Gasteiger partial charge on any atom is -0.334 e. The summed E-state index contributed by atoms with van der Waals surface area (Å²) < 4.78 is 0. The highest BCUT2D eigenvalue weighted by molar-refractivity contribution is 5.75. The third kappa shape index (κ3) is 4.56. The molecular weight excluding hydrogens is 264 g/mol. The van der Waals surface area contributed by atoms with Crippen LogP contribution < -0.4 is 10.6 Å². The van der Waals surface area contributed by atoms with Gasteiger partial charge >= 0.3 is 6.03 Å². The van der Waals surface area contributed by atoms with Crippen LogP contribution in [0.4, 0.5) is 4.79 Å². The number of pyridine rings is 2. The molecule has 5 nitrogen and oxygen atoms in total. The number of urea groups is 1. The molecule has 2 heterocycles. The van der Waals surface area contributed by atoms with Crippen molar-refractivity contribution >= 4 is 6.03 Å². The molecule has 2 aromatic rings. The number of aromatic nitrogens is 2. The molecule has 21 heavy (non-hydrogen) atoms. The van der Waals surface area contributed by atoms with Crippen molar-refractivity contribution in [3.8, 4) is 11.3 Å². The maximum Gasteiger partial charge on any atom is 0.315 e. The van der Waals surface area contributed by atoms with Gasteiger partial charge in [0.25, 0.3) is 0 Å². The average molecular weight is 284 g/mol. The van der Waals surface area contributed by atoms with Gasteiger partial charge in [0.15, 0.2) is 0 Å². The van der Waals surface area contributed by atoms with Crippen molar-refractivity contribution in [3.05, 3.63) is 48.4 Å². The lowest BCUT2D eigenvalue weighted by atomic mass is 10.1. The SMILES string of the molecule is CC(C)(C)NC(=O)NCc1cccnc1-c1cccnc1. The second kappa shape index (κ2) is 6.35. The average Bonchev–Trinajstić information content (AvgIpc) is 2.45. The number of amides is 2. The molecular formula is C16H20N4O. The number of hydrogen-bond donors (Lipinski definition) is 2. The molecule has 2 N–H and O–H groups in total. The molecule has 110 valence electrons. The van der Waals surface area contributed by atoms with Gasteiger partial charge in [0.2, 0.25) is 0 Å². The van der Waals surface area contributed by atoms with Gasteiger partial charge in [-0.05, 0) is 44.5 Å². The zero-order chi connectivity index (χ0) is 15.3. The number of carbonyl (C=O) groups excluding carboxylic acids is 1. The minimum atomic E-state index is -0.259. The van der Waals surface area contributed by atoms with Crippen LogP contribution in [0.5, 0.6) is 0 Å². The van der Waals surface area contributed by atoms with Gasteiger partial charge in [0.05, 0.1) is 5.69 Å². The topological polar surface area (TPSA) is 66.9 Å². The Morgan fingerprint density at radius 1 is 1.19 bits per heavy atom. The zero-order valence-electron chi connectivity index (χ0n) is 12.6. The van der Waals surface area contributed by atoms with Gasteiger partial charge in [-0.2, -0.15) is 0 Å². The van der Waals surface area contributed by atoms with Gasteiger partial charge in [0.1, 0.15) is 0 Å². The molecule has 0 bridgehead atoms. The molecule has 0 saturated heterocycles. The first-order valence-electron chi connectivity index (χ1n) is 6.86. The Labute approximate surface area is 124 Å². The summed E-state index contributed by atoms with van der Waals surface area (Å²) in [5.74, 6) is 0. The lowest BCUT2D eigenvalue weighted by Gasteiger charge is -2.21. The van der Waals surface area contributed by atoms with Crippen LogP contribution >= 0.6 is 0 Å². The summed E-state index contributed by atoms with van der Waals surface area (Å²) in [5, 5.41) is 5.72. The molecule has 0 aromatic carbocycles. The Hall–Kier alpha value is -2.43. The first-order valence-corrected chi connectivity index (χ1v) is 6.86. The summed E-state index contributed by atoms with van der Waals surface area (Å²) in [4.78, 5) is 20.3. The van der Waals surface area contributed by atoms with Crippen LogP contribution in [0.2, 0.25) is 0 Å².